The summed E-state index contributed by atoms with van der Waals surface area (Å²) in [6.07, 6.45) is 0. The fourth-order valence-corrected chi connectivity index (χ4v) is 11.0. The van der Waals surface area contributed by atoms with Crippen LogP contribution in [0.2, 0.25) is 0 Å². The molecule has 13 rings (SSSR count). The maximum absolute atomic E-state index is 2.63. The quantitative estimate of drug-likeness (QED) is 0.121. The zero-order valence-corrected chi connectivity index (χ0v) is 37.8. The van der Waals surface area contributed by atoms with Crippen molar-refractivity contribution in [1.82, 2.24) is 0 Å². The Morgan fingerprint density at radius 1 is 0.224 bits per heavy atom. The van der Waals surface area contributed by atoms with Crippen molar-refractivity contribution >= 4 is 120 Å². The van der Waals surface area contributed by atoms with Crippen LogP contribution in [0.15, 0.2) is 224 Å². The summed E-state index contributed by atoms with van der Waals surface area (Å²) in [4.78, 5) is 5.26. The second-order valence-corrected chi connectivity index (χ2v) is 18.2. The van der Waals surface area contributed by atoms with Gasteiger partial charge in [-0.05, 0) is 107 Å². The van der Waals surface area contributed by atoms with Crippen LogP contribution in [0.25, 0.3) is 86.2 Å². The van der Waals surface area contributed by atoms with Crippen LogP contribution in [0, 0.1) is 20.8 Å². The molecule has 0 radical (unpaired) electrons. The van der Waals surface area contributed by atoms with Crippen molar-refractivity contribution in [2.45, 2.75) is 20.8 Å². The predicted octanol–water partition coefficient (Wildman–Crippen LogP) is 18.8. The van der Waals surface area contributed by atoms with Crippen molar-refractivity contribution in [3.8, 4) is 0 Å². The lowest BCUT2D eigenvalue weighted by atomic mass is 9.90. The summed E-state index contributed by atoms with van der Waals surface area (Å²) in [5.74, 6) is 0. The number of benzene rings is 13. The Bertz CT molecular complexity index is 4040. The fourth-order valence-electron chi connectivity index (χ4n) is 11.0. The fraction of sp³-hybridized carbons (Fsp3) is 0.0462. The molecule has 0 saturated heterocycles. The third-order valence-electron chi connectivity index (χ3n) is 14.2. The average molecular weight is 855 g/mol. The average Bonchev–Trinajstić information content (AvgIpc) is 3.37. The SMILES string of the molecule is Cc1ccc2c(N(c3cccc4ccccc34)c3c4ccccc4cc4ccccc34)c3cc(C)c(C)cc3c(N(c3cccc4ccccc34)c3c4ccccc4cc4ccccc34)c2c1. The Kier molecular flexibility index (Phi) is 8.91. The van der Waals surface area contributed by atoms with Crippen LogP contribution in [0.1, 0.15) is 16.7 Å². The number of hydrogen-bond acceptors (Lipinski definition) is 2. The molecule has 13 aromatic carbocycles. The highest BCUT2D eigenvalue weighted by molar-refractivity contribution is 6.29. The van der Waals surface area contributed by atoms with Crippen molar-refractivity contribution < 1.29 is 0 Å². The number of nitrogens with zero attached hydrogens (tertiary/aromatic N) is 2. The highest BCUT2D eigenvalue weighted by Crippen LogP contribution is 2.56. The van der Waals surface area contributed by atoms with Crippen molar-refractivity contribution in [3.63, 3.8) is 0 Å². The summed E-state index contributed by atoms with van der Waals surface area (Å²) >= 11 is 0. The predicted molar refractivity (Wildman–Crippen MR) is 290 cm³/mol. The van der Waals surface area contributed by atoms with Gasteiger partial charge in [0.15, 0.2) is 0 Å². The van der Waals surface area contributed by atoms with E-state index in [-0.39, 0.29) is 0 Å². The van der Waals surface area contributed by atoms with Gasteiger partial charge in [-0.15, -0.1) is 0 Å². The molecule has 0 saturated carbocycles. The second kappa shape index (κ2) is 15.3. The summed E-state index contributed by atoms with van der Waals surface area (Å²) in [5.41, 5.74) is 10.7. The third-order valence-corrected chi connectivity index (χ3v) is 14.2. The van der Waals surface area contributed by atoms with Gasteiger partial charge in [0.2, 0.25) is 0 Å². The zero-order valence-electron chi connectivity index (χ0n) is 37.8. The Balaban J connectivity index is 1.28. The van der Waals surface area contributed by atoms with Gasteiger partial charge in [0.25, 0.3) is 0 Å². The highest BCUT2D eigenvalue weighted by Gasteiger charge is 2.30. The van der Waals surface area contributed by atoms with Gasteiger partial charge in [-0.25, -0.2) is 0 Å². The zero-order chi connectivity index (χ0) is 44.8. The van der Waals surface area contributed by atoms with Crippen LogP contribution in [0.5, 0.6) is 0 Å². The minimum absolute atomic E-state index is 1.14. The van der Waals surface area contributed by atoms with Crippen molar-refractivity contribution in [3.05, 3.63) is 241 Å². The Labute approximate surface area is 390 Å². The topological polar surface area (TPSA) is 6.48 Å². The summed E-state index contributed by atoms with van der Waals surface area (Å²) in [7, 11) is 0. The highest BCUT2D eigenvalue weighted by atomic mass is 15.2. The van der Waals surface area contributed by atoms with Crippen LogP contribution in [0.3, 0.4) is 0 Å². The number of aryl methyl sites for hydroxylation is 3. The molecular formula is C65H46N2. The number of anilines is 6. The van der Waals surface area contributed by atoms with Gasteiger partial charge in [0.1, 0.15) is 0 Å². The van der Waals surface area contributed by atoms with Crippen LogP contribution < -0.4 is 9.80 Å². The molecule has 0 aromatic heterocycles. The van der Waals surface area contributed by atoms with Gasteiger partial charge in [-0.3, -0.25) is 0 Å². The summed E-state index contributed by atoms with van der Waals surface area (Å²) in [5, 5.41) is 19.2. The van der Waals surface area contributed by atoms with Crippen LogP contribution in [-0.2, 0) is 0 Å². The maximum Gasteiger partial charge on any atom is 0.0620 e. The standard InChI is InChI=1S/C65H46N2/c1-41-34-35-56-57(36-41)65(67(61-33-17-25-45-19-5-11-27-51(45)61)63-54-30-14-8-22-48(54)40-49-23-9-15-31-55(49)63)59-38-43(3)42(2)37-58(59)64(56)66(60-32-16-24-44-18-4-10-26-50(44)60)62-52-28-12-6-20-46(52)39-47-21-7-13-29-53(47)62/h4-40H,1-3H3. The Hall–Kier alpha value is -8.46. The van der Waals surface area contributed by atoms with Gasteiger partial charge in [-0.2, -0.15) is 0 Å². The molecule has 0 spiro atoms. The van der Waals surface area contributed by atoms with Crippen molar-refractivity contribution in [2.75, 3.05) is 9.80 Å². The van der Waals surface area contributed by atoms with E-state index in [9.17, 15) is 0 Å². The first kappa shape index (κ1) is 39.0. The van der Waals surface area contributed by atoms with E-state index in [0.29, 0.717) is 0 Å². The number of hydrogen-bond donors (Lipinski definition) is 0. The van der Waals surface area contributed by atoms with E-state index in [4.69, 9.17) is 0 Å². The van der Waals surface area contributed by atoms with E-state index in [0.717, 1.165) is 17.1 Å². The van der Waals surface area contributed by atoms with Gasteiger partial charge in [0.05, 0.1) is 34.1 Å². The molecule has 13 aromatic rings. The molecule has 0 N–H and O–H groups in total. The molecule has 0 aliphatic carbocycles. The monoisotopic (exact) mass is 854 g/mol. The summed E-state index contributed by atoms with van der Waals surface area (Å²) in [6, 6.07) is 83.8. The molecule has 0 aliphatic rings. The van der Waals surface area contributed by atoms with Crippen molar-refractivity contribution in [1.29, 1.82) is 0 Å². The molecule has 2 heteroatoms. The lowest BCUT2D eigenvalue weighted by Gasteiger charge is -2.35. The summed E-state index contributed by atoms with van der Waals surface area (Å²) in [6.45, 7) is 6.78. The third kappa shape index (κ3) is 6.10. The number of fused-ring (bicyclic) bond motifs is 8. The lowest BCUT2D eigenvalue weighted by Crippen LogP contribution is -2.16. The van der Waals surface area contributed by atoms with Crippen molar-refractivity contribution in [2.24, 2.45) is 0 Å². The first-order valence-corrected chi connectivity index (χ1v) is 23.3. The largest absolute Gasteiger partial charge is 0.307 e. The lowest BCUT2D eigenvalue weighted by molar-refractivity contribution is 1.32. The van der Waals surface area contributed by atoms with Gasteiger partial charge in [0, 0.05) is 53.9 Å². The van der Waals surface area contributed by atoms with E-state index in [1.54, 1.807) is 0 Å². The van der Waals surface area contributed by atoms with Gasteiger partial charge >= 0.3 is 0 Å². The first-order chi connectivity index (χ1) is 33.0. The number of rotatable bonds is 6. The van der Waals surface area contributed by atoms with E-state index in [1.165, 1.54) is 120 Å². The molecule has 0 heterocycles. The Morgan fingerprint density at radius 3 is 0.955 bits per heavy atom. The van der Waals surface area contributed by atoms with Crippen LogP contribution in [0.4, 0.5) is 34.1 Å². The molecule has 316 valence electrons. The van der Waals surface area contributed by atoms with Gasteiger partial charge in [-0.1, -0.05) is 188 Å². The Morgan fingerprint density at radius 2 is 0.537 bits per heavy atom. The van der Waals surface area contributed by atoms with Crippen LogP contribution in [-0.4, -0.2) is 0 Å². The first-order valence-electron chi connectivity index (χ1n) is 23.3. The summed E-state index contributed by atoms with van der Waals surface area (Å²) < 4.78 is 0. The molecule has 0 aliphatic heterocycles. The minimum atomic E-state index is 1.14. The normalized spacial score (nSPS) is 11.8. The van der Waals surface area contributed by atoms with E-state index < -0.39 is 0 Å². The molecule has 0 bridgehead atoms. The smallest absolute Gasteiger partial charge is 0.0620 e. The molecule has 0 unspecified atom stereocenters. The molecule has 0 fully saturated rings. The molecule has 0 atom stereocenters. The second-order valence-electron chi connectivity index (χ2n) is 18.2. The minimum Gasteiger partial charge on any atom is -0.307 e. The molecular weight excluding hydrogens is 809 g/mol. The molecule has 67 heavy (non-hydrogen) atoms. The van der Waals surface area contributed by atoms with E-state index in [1.807, 2.05) is 0 Å². The molecule has 2 nitrogen and oxygen atoms in total. The van der Waals surface area contributed by atoms with Crippen LogP contribution >= 0.6 is 0 Å². The molecule has 0 amide bonds. The maximum atomic E-state index is 2.63. The van der Waals surface area contributed by atoms with E-state index in [2.05, 4.69) is 255 Å². The van der Waals surface area contributed by atoms with Gasteiger partial charge < -0.3 is 9.80 Å². The van der Waals surface area contributed by atoms with E-state index >= 15 is 0 Å².